The molecule has 0 fully saturated rings. The average molecular weight is 343 g/mol. The first-order valence-electron chi connectivity index (χ1n) is 7.98. The smallest absolute Gasteiger partial charge is 0.337 e. The van der Waals surface area contributed by atoms with Gasteiger partial charge in [0.2, 0.25) is 0 Å². The predicted octanol–water partition coefficient (Wildman–Crippen LogP) is 3.52. The van der Waals surface area contributed by atoms with Crippen molar-refractivity contribution in [2.45, 2.75) is 13.8 Å². The van der Waals surface area contributed by atoms with Gasteiger partial charge in [0, 0.05) is 11.3 Å². The van der Waals surface area contributed by atoms with Crippen LogP contribution in [0.4, 0.5) is 5.69 Å². The highest BCUT2D eigenvalue weighted by molar-refractivity contribution is 6.05. The fourth-order valence-electron chi connectivity index (χ4n) is 2.24. The first-order chi connectivity index (χ1) is 12.1. The SMILES string of the molecule is CCOc1ccc(C(=O)Nc2cccc(C(=O)OC)c2)cc1OCC. The first-order valence-corrected chi connectivity index (χ1v) is 7.98. The molecule has 1 N–H and O–H groups in total. The number of benzene rings is 2. The molecule has 25 heavy (non-hydrogen) atoms. The molecule has 6 nitrogen and oxygen atoms in total. The van der Waals surface area contributed by atoms with E-state index in [1.54, 1.807) is 42.5 Å². The van der Waals surface area contributed by atoms with E-state index >= 15 is 0 Å². The Bertz CT molecular complexity index is 757. The number of esters is 1. The van der Waals surface area contributed by atoms with E-state index < -0.39 is 5.97 Å². The molecule has 0 spiro atoms. The van der Waals surface area contributed by atoms with Crippen molar-refractivity contribution < 1.29 is 23.8 Å². The average Bonchev–Trinajstić information content (AvgIpc) is 2.63. The normalized spacial score (nSPS) is 10.0. The summed E-state index contributed by atoms with van der Waals surface area (Å²) in [7, 11) is 1.31. The molecule has 1 amide bonds. The lowest BCUT2D eigenvalue weighted by molar-refractivity contribution is 0.0600. The molecule has 0 heterocycles. The molecule has 0 aliphatic rings. The Labute approximate surface area is 146 Å². The molecule has 0 radical (unpaired) electrons. The highest BCUT2D eigenvalue weighted by atomic mass is 16.5. The van der Waals surface area contributed by atoms with Crippen LogP contribution in [0.5, 0.6) is 11.5 Å². The van der Waals surface area contributed by atoms with E-state index in [2.05, 4.69) is 10.1 Å². The molecule has 132 valence electrons. The van der Waals surface area contributed by atoms with Gasteiger partial charge in [0.05, 0.1) is 25.9 Å². The summed E-state index contributed by atoms with van der Waals surface area (Å²) < 4.78 is 15.7. The molecular weight excluding hydrogens is 322 g/mol. The largest absolute Gasteiger partial charge is 0.490 e. The molecule has 0 bridgehead atoms. The van der Waals surface area contributed by atoms with Gasteiger partial charge in [-0.15, -0.1) is 0 Å². The van der Waals surface area contributed by atoms with Crippen molar-refractivity contribution in [1.82, 2.24) is 0 Å². The standard InChI is InChI=1S/C19H21NO5/c1-4-24-16-10-9-13(12-17(16)25-5-2)18(21)20-15-8-6-7-14(11-15)19(22)23-3/h6-12H,4-5H2,1-3H3,(H,20,21). The van der Waals surface area contributed by atoms with E-state index in [0.717, 1.165) is 0 Å². The Balaban J connectivity index is 2.20. The van der Waals surface area contributed by atoms with Crippen LogP contribution < -0.4 is 14.8 Å². The summed E-state index contributed by atoms with van der Waals surface area (Å²) in [5.41, 5.74) is 1.29. The van der Waals surface area contributed by atoms with Gasteiger partial charge in [-0.05, 0) is 50.2 Å². The number of ether oxygens (including phenoxy) is 3. The minimum atomic E-state index is -0.462. The fraction of sp³-hybridized carbons (Fsp3) is 0.263. The van der Waals surface area contributed by atoms with Crippen molar-refractivity contribution in [3.63, 3.8) is 0 Å². The highest BCUT2D eigenvalue weighted by Gasteiger charge is 2.13. The third-order valence-corrected chi connectivity index (χ3v) is 3.35. The van der Waals surface area contributed by atoms with Gasteiger partial charge in [0.1, 0.15) is 0 Å². The summed E-state index contributed by atoms with van der Waals surface area (Å²) in [4.78, 5) is 24.0. The Morgan fingerprint density at radius 1 is 0.920 bits per heavy atom. The van der Waals surface area contributed by atoms with Crippen LogP contribution in [0.3, 0.4) is 0 Å². The Hall–Kier alpha value is -3.02. The van der Waals surface area contributed by atoms with Crippen molar-refractivity contribution in [2.24, 2.45) is 0 Å². The number of carbonyl (C=O) groups is 2. The summed E-state index contributed by atoms with van der Waals surface area (Å²) in [6.45, 7) is 4.71. The number of anilines is 1. The van der Waals surface area contributed by atoms with Crippen LogP contribution in [0.25, 0.3) is 0 Å². The second kappa shape index (κ2) is 8.73. The van der Waals surface area contributed by atoms with Crippen molar-refractivity contribution in [2.75, 3.05) is 25.6 Å². The summed E-state index contributed by atoms with van der Waals surface area (Å²) in [5.74, 6) is 0.329. The van der Waals surface area contributed by atoms with Crippen LogP contribution in [0.2, 0.25) is 0 Å². The zero-order valence-electron chi connectivity index (χ0n) is 14.5. The second-order valence-corrected chi connectivity index (χ2v) is 5.05. The van der Waals surface area contributed by atoms with Crippen LogP contribution in [-0.2, 0) is 4.74 Å². The molecule has 0 aliphatic heterocycles. The number of carbonyl (C=O) groups excluding carboxylic acids is 2. The van der Waals surface area contributed by atoms with E-state index in [-0.39, 0.29) is 5.91 Å². The van der Waals surface area contributed by atoms with E-state index in [1.165, 1.54) is 7.11 Å². The quantitative estimate of drug-likeness (QED) is 0.779. The maximum absolute atomic E-state index is 12.5. The van der Waals surface area contributed by atoms with Crippen LogP contribution in [-0.4, -0.2) is 32.2 Å². The summed E-state index contributed by atoms with van der Waals surface area (Å²) in [5, 5.41) is 2.76. The van der Waals surface area contributed by atoms with Gasteiger partial charge in [0.25, 0.3) is 5.91 Å². The van der Waals surface area contributed by atoms with Crippen molar-refractivity contribution in [1.29, 1.82) is 0 Å². The van der Waals surface area contributed by atoms with Gasteiger partial charge >= 0.3 is 5.97 Å². The summed E-state index contributed by atoms with van der Waals surface area (Å²) >= 11 is 0. The van der Waals surface area contributed by atoms with E-state index in [0.29, 0.717) is 41.5 Å². The van der Waals surface area contributed by atoms with E-state index in [4.69, 9.17) is 9.47 Å². The topological polar surface area (TPSA) is 73.9 Å². The lowest BCUT2D eigenvalue weighted by Gasteiger charge is -2.12. The number of methoxy groups -OCH3 is 1. The molecule has 0 atom stereocenters. The summed E-state index contributed by atoms with van der Waals surface area (Å²) in [6.07, 6.45) is 0. The lowest BCUT2D eigenvalue weighted by Crippen LogP contribution is -2.13. The van der Waals surface area contributed by atoms with Crippen LogP contribution in [0.15, 0.2) is 42.5 Å². The van der Waals surface area contributed by atoms with Gasteiger partial charge in [0.15, 0.2) is 11.5 Å². The van der Waals surface area contributed by atoms with Crippen molar-refractivity contribution in [3.05, 3.63) is 53.6 Å². The third kappa shape index (κ3) is 4.73. The number of nitrogens with one attached hydrogen (secondary N) is 1. The van der Waals surface area contributed by atoms with E-state index in [1.807, 2.05) is 13.8 Å². The first kappa shape index (κ1) is 18.3. The van der Waals surface area contributed by atoms with Crippen molar-refractivity contribution >= 4 is 17.6 Å². The molecule has 0 saturated carbocycles. The van der Waals surface area contributed by atoms with Gasteiger partial charge in [-0.2, -0.15) is 0 Å². The van der Waals surface area contributed by atoms with E-state index in [9.17, 15) is 9.59 Å². The molecule has 0 aromatic heterocycles. The van der Waals surface area contributed by atoms with Crippen LogP contribution >= 0.6 is 0 Å². The molecule has 2 aromatic carbocycles. The van der Waals surface area contributed by atoms with Gasteiger partial charge < -0.3 is 19.5 Å². The molecule has 2 rings (SSSR count). The van der Waals surface area contributed by atoms with Crippen LogP contribution in [0.1, 0.15) is 34.6 Å². The number of hydrogen-bond donors (Lipinski definition) is 1. The van der Waals surface area contributed by atoms with Crippen LogP contribution in [0, 0.1) is 0 Å². The monoisotopic (exact) mass is 343 g/mol. The fourth-order valence-corrected chi connectivity index (χ4v) is 2.24. The number of rotatable bonds is 7. The number of hydrogen-bond acceptors (Lipinski definition) is 5. The maximum Gasteiger partial charge on any atom is 0.337 e. The van der Waals surface area contributed by atoms with Gasteiger partial charge in [-0.3, -0.25) is 4.79 Å². The lowest BCUT2D eigenvalue weighted by atomic mass is 10.1. The number of amides is 1. The molecule has 0 unspecified atom stereocenters. The summed E-state index contributed by atoms with van der Waals surface area (Å²) in [6, 6.07) is 11.5. The zero-order chi connectivity index (χ0) is 18.2. The Kier molecular flexibility index (Phi) is 6.39. The molecule has 6 heteroatoms. The molecule has 0 aliphatic carbocycles. The molecular formula is C19H21NO5. The second-order valence-electron chi connectivity index (χ2n) is 5.05. The minimum Gasteiger partial charge on any atom is -0.490 e. The maximum atomic E-state index is 12.5. The Morgan fingerprint density at radius 2 is 1.64 bits per heavy atom. The van der Waals surface area contributed by atoms with Crippen molar-refractivity contribution in [3.8, 4) is 11.5 Å². The molecule has 0 saturated heterocycles. The van der Waals surface area contributed by atoms with Gasteiger partial charge in [-0.25, -0.2) is 4.79 Å². The third-order valence-electron chi connectivity index (χ3n) is 3.35. The molecule has 2 aromatic rings. The predicted molar refractivity (Wildman–Crippen MR) is 94.5 cm³/mol. The minimum absolute atomic E-state index is 0.314. The highest BCUT2D eigenvalue weighted by Crippen LogP contribution is 2.29. The zero-order valence-corrected chi connectivity index (χ0v) is 14.5. The van der Waals surface area contributed by atoms with Gasteiger partial charge in [-0.1, -0.05) is 6.07 Å². The Morgan fingerprint density at radius 3 is 2.32 bits per heavy atom.